The number of nitrogens with one attached hydrogen (secondary N) is 1. The monoisotopic (exact) mass is 391 g/mol. The first-order valence-corrected chi connectivity index (χ1v) is 10.6. The van der Waals surface area contributed by atoms with Gasteiger partial charge in [0.25, 0.3) is 0 Å². The maximum Gasteiger partial charge on any atom is 0.321 e. The van der Waals surface area contributed by atoms with Crippen LogP contribution in [0, 0.1) is 5.92 Å². The molecule has 2 aliphatic rings. The highest BCUT2D eigenvalue weighted by atomic mass is 35.5. The quantitative estimate of drug-likeness (QED) is 0.803. The van der Waals surface area contributed by atoms with Gasteiger partial charge in [0, 0.05) is 43.3 Å². The number of carbonyl (C=O) groups is 2. The van der Waals surface area contributed by atoms with Crippen LogP contribution in [-0.2, 0) is 4.79 Å². The van der Waals surface area contributed by atoms with E-state index in [1.807, 2.05) is 21.9 Å². The Labute approximate surface area is 167 Å². The Morgan fingerprint density at radius 3 is 2.33 bits per heavy atom. The summed E-state index contributed by atoms with van der Waals surface area (Å²) in [6.07, 6.45) is 8.32. The zero-order valence-electron chi connectivity index (χ0n) is 16.0. The average molecular weight is 392 g/mol. The first-order valence-electron chi connectivity index (χ1n) is 10.2. The van der Waals surface area contributed by atoms with Crippen LogP contribution in [0.4, 0.5) is 10.5 Å². The maximum absolute atomic E-state index is 12.5. The number of likely N-dealkylation sites (tertiary alicyclic amines) is 2. The Hall–Kier alpha value is -1.75. The molecule has 1 atom stereocenters. The molecule has 5 nitrogen and oxygen atoms in total. The molecule has 2 aliphatic heterocycles. The summed E-state index contributed by atoms with van der Waals surface area (Å²) in [7, 11) is 0. The third kappa shape index (κ3) is 6.13. The average Bonchev–Trinajstić information content (AvgIpc) is 2.98. The van der Waals surface area contributed by atoms with Gasteiger partial charge in [-0.05, 0) is 62.3 Å². The predicted molar refractivity (Wildman–Crippen MR) is 109 cm³/mol. The molecule has 148 valence electrons. The van der Waals surface area contributed by atoms with Gasteiger partial charge in [-0.1, -0.05) is 24.4 Å². The van der Waals surface area contributed by atoms with Gasteiger partial charge in [0.05, 0.1) is 0 Å². The van der Waals surface area contributed by atoms with E-state index in [9.17, 15) is 9.59 Å². The molecule has 2 heterocycles. The van der Waals surface area contributed by atoms with Gasteiger partial charge in [-0.3, -0.25) is 4.79 Å². The maximum atomic E-state index is 12.5. The van der Waals surface area contributed by atoms with Crippen molar-refractivity contribution >= 4 is 29.2 Å². The minimum atomic E-state index is -0.0686. The lowest BCUT2D eigenvalue weighted by Crippen LogP contribution is -2.42. The molecular weight excluding hydrogens is 362 g/mol. The third-order valence-electron chi connectivity index (χ3n) is 5.63. The van der Waals surface area contributed by atoms with Crippen molar-refractivity contribution in [3.05, 3.63) is 29.3 Å². The van der Waals surface area contributed by atoms with Gasteiger partial charge < -0.3 is 15.1 Å². The number of halogens is 1. The molecule has 1 N–H and O–H groups in total. The zero-order valence-corrected chi connectivity index (χ0v) is 16.7. The standard InChI is InChI=1S/C21H30ClN3O2/c22-18-8-10-19(11-9-18)23-21(27)25-15-5-6-17(16-25)7-12-20(26)24-13-3-1-2-4-14-24/h8-11,17H,1-7,12-16H2,(H,23,27)/t17-/m0/s1. The molecule has 27 heavy (non-hydrogen) atoms. The normalized spacial score (nSPS) is 20.9. The largest absolute Gasteiger partial charge is 0.343 e. The second-order valence-electron chi connectivity index (χ2n) is 7.72. The fourth-order valence-corrected chi connectivity index (χ4v) is 4.15. The molecule has 0 saturated carbocycles. The van der Waals surface area contributed by atoms with Crippen LogP contribution in [0.5, 0.6) is 0 Å². The van der Waals surface area contributed by atoms with E-state index in [0.717, 1.165) is 64.0 Å². The number of hydrogen-bond donors (Lipinski definition) is 1. The van der Waals surface area contributed by atoms with Gasteiger partial charge in [-0.15, -0.1) is 0 Å². The van der Waals surface area contributed by atoms with Crippen LogP contribution in [0.15, 0.2) is 24.3 Å². The van der Waals surface area contributed by atoms with Gasteiger partial charge in [0.1, 0.15) is 0 Å². The first-order chi connectivity index (χ1) is 13.1. The van der Waals surface area contributed by atoms with E-state index >= 15 is 0 Å². The summed E-state index contributed by atoms with van der Waals surface area (Å²) < 4.78 is 0. The molecule has 1 aromatic carbocycles. The Bertz CT molecular complexity index is 627. The van der Waals surface area contributed by atoms with Crippen molar-refractivity contribution in [1.82, 2.24) is 9.80 Å². The minimum absolute atomic E-state index is 0.0686. The highest BCUT2D eigenvalue weighted by Crippen LogP contribution is 2.23. The van der Waals surface area contributed by atoms with Gasteiger partial charge in [-0.2, -0.15) is 0 Å². The molecule has 0 aromatic heterocycles. The van der Waals surface area contributed by atoms with Crippen LogP contribution in [0.3, 0.4) is 0 Å². The highest BCUT2D eigenvalue weighted by Gasteiger charge is 2.25. The molecule has 2 saturated heterocycles. The summed E-state index contributed by atoms with van der Waals surface area (Å²) >= 11 is 5.89. The molecule has 0 aliphatic carbocycles. The minimum Gasteiger partial charge on any atom is -0.343 e. The SMILES string of the molecule is O=C(CC[C@@H]1CCCN(C(=O)Nc2ccc(Cl)cc2)C1)N1CCCCCC1. The molecule has 0 unspecified atom stereocenters. The Morgan fingerprint density at radius 1 is 0.963 bits per heavy atom. The van der Waals surface area contributed by atoms with Crippen LogP contribution >= 0.6 is 11.6 Å². The lowest BCUT2D eigenvalue weighted by atomic mass is 9.93. The van der Waals surface area contributed by atoms with Crippen LogP contribution in [-0.4, -0.2) is 47.9 Å². The predicted octanol–water partition coefficient (Wildman–Crippen LogP) is 4.77. The summed E-state index contributed by atoms with van der Waals surface area (Å²) in [4.78, 5) is 28.9. The molecule has 0 radical (unpaired) electrons. The number of anilines is 1. The van der Waals surface area contributed by atoms with E-state index in [-0.39, 0.29) is 6.03 Å². The number of piperidine rings is 1. The van der Waals surface area contributed by atoms with Crippen LogP contribution in [0.1, 0.15) is 51.4 Å². The number of benzene rings is 1. The fraction of sp³-hybridized carbons (Fsp3) is 0.619. The number of nitrogens with zero attached hydrogens (tertiary/aromatic N) is 2. The lowest BCUT2D eigenvalue weighted by Gasteiger charge is -2.33. The lowest BCUT2D eigenvalue weighted by molar-refractivity contribution is -0.131. The molecule has 1 aromatic rings. The molecule has 3 rings (SSSR count). The van der Waals surface area contributed by atoms with E-state index in [1.165, 1.54) is 12.8 Å². The van der Waals surface area contributed by atoms with Crippen molar-refractivity contribution in [2.75, 3.05) is 31.5 Å². The van der Waals surface area contributed by atoms with Gasteiger partial charge in [-0.25, -0.2) is 4.79 Å². The van der Waals surface area contributed by atoms with Crippen molar-refractivity contribution in [3.63, 3.8) is 0 Å². The van der Waals surface area contributed by atoms with E-state index in [0.29, 0.717) is 23.3 Å². The number of amides is 3. The molecule has 0 bridgehead atoms. The summed E-state index contributed by atoms with van der Waals surface area (Å²) in [6, 6.07) is 7.08. The first kappa shape index (κ1) is 20.0. The van der Waals surface area contributed by atoms with Crippen molar-refractivity contribution in [2.24, 2.45) is 5.92 Å². The molecule has 3 amide bonds. The number of rotatable bonds is 4. The van der Waals surface area contributed by atoms with Crippen LogP contribution in [0.2, 0.25) is 5.02 Å². The second-order valence-corrected chi connectivity index (χ2v) is 8.16. The Morgan fingerprint density at radius 2 is 1.63 bits per heavy atom. The topological polar surface area (TPSA) is 52.7 Å². The van der Waals surface area contributed by atoms with Crippen molar-refractivity contribution in [1.29, 1.82) is 0 Å². The summed E-state index contributed by atoms with van der Waals surface area (Å²) in [5.41, 5.74) is 0.753. The number of carbonyl (C=O) groups excluding carboxylic acids is 2. The van der Waals surface area contributed by atoms with Gasteiger partial charge in [0.15, 0.2) is 0 Å². The Balaban J connectivity index is 1.45. The van der Waals surface area contributed by atoms with Crippen molar-refractivity contribution in [2.45, 2.75) is 51.4 Å². The molecule has 2 fully saturated rings. The van der Waals surface area contributed by atoms with Gasteiger partial charge in [0.2, 0.25) is 5.91 Å². The van der Waals surface area contributed by atoms with Gasteiger partial charge >= 0.3 is 6.03 Å². The molecule has 0 spiro atoms. The summed E-state index contributed by atoms with van der Waals surface area (Å²) in [5, 5.41) is 3.59. The van der Waals surface area contributed by atoms with E-state index in [1.54, 1.807) is 12.1 Å². The molecular formula is C21H30ClN3O2. The molecule has 6 heteroatoms. The second kappa shape index (κ2) is 9.98. The fourth-order valence-electron chi connectivity index (χ4n) is 4.03. The number of urea groups is 1. The van der Waals surface area contributed by atoms with Crippen LogP contribution in [0.25, 0.3) is 0 Å². The van der Waals surface area contributed by atoms with E-state index in [2.05, 4.69) is 5.32 Å². The summed E-state index contributed by atoms with van der Waals surface area (Å²) in [5.74, 6) is 0.699. The van der Waals surface area contributed by atoms with Crippen LogP contribution < -0.4 is 5.32 Å². The van der Waals surface area contributed by atoms with Crippen molar-refractivity contribution in [3.8, 4) is 0 Å². The van der Waals surface area contributed by atoms with Crippen molar-refractivity contribution < 1.29 is 9.59 Å². The number of hydrogen-bond acceptors (Lipinski definition) is 2. The zero-order chi connectivity index (χ0) is 19.1. The Kier molecular flexibility index (Phi) is 7.39. The van der Waals surface area contributed by atoms with E-state index < -0.39 is 0 Å². The smallest absolute Gasteiger partial charge is 0.321 e. The highest BCUT2D eigenvalue weighted by molar-refractivity contribution is 6.30. The summed E-state index contributed by atoms with van der Waals surface area (Å²) in [6.45, 7) is 3.33. The third-order valence-corrected chi connectivity index (χ3v) is 5.88. The van der Waals surface area contributed by atoms with E-state index in [4.69, 9.17) is 11.6 Å².